The summed E-state index contributed by atoms with van der Waals surface area (Å²) in [4.78, 5) is 42.4. The van der Waals surface area contributed by atoms with Gasteiger partial charge in [0.25, 0.3) is 11.8 Å². The first-order chi connectivity index (χ1) is 18.0. The molecule has 190 valence electrons. The van der Waals surface area contributed by atoms with Crippen molar-refractivity contribution in [1.29, 1.82) is 0 Å². The maximum atomic E-state index is 13.3. The van der Waals surface area contributed by atoms with Gasteiger partial charge < -0.3 is 19.9 Å². The number of methoxy groups -OCH3 is 1. The van der Waals surface area contributed by atoms with Crippen LogP contribution in [0.5, 0.6) is 0 Å². The average Bonchev–Trinajstić information content (AvgIpc) is 3.62. The third-order valence-electron chi connectivity index (χ3n) is 7.86. The van der Waals surface area contributed by atoms with Crippen LogP contribution < -0.4 is 15.5 Å². The number of nitrogens with zero attached hydrogens (tertiary/aromatic N) is 3. The maximum absolute atomic E-state index is 13.3. The summed E-state index contributed by atoms with van der Waals surface area (Å²) in [5.74, 6) is -0.353. The Morgan fingerprint density at radius 1 is 1.16 bits per heavy atom. The standard InChI is InChI=1S/C27H28N6O3S/c1-4-27(28-2)10-11-33(14-19(27)36-3)26-30-18-8-6-5-7-16(18)22(31-26)21-20(23(34)32-24(21)35)17-13-29-25-15(17)9-12-37-25/h5-9,12-13,19,28-29H,4,10-11,14H2,1-3H3,(H,32,34,35). The monoisotopic (exact) mass is 516 g/mol. The quantitative estimate of drug-likeness (QED) is 0.337. The third kappa shape index (κ3) is 3.66. The van der Waals surface area contributed by atoms with Gasteiger partial charge in [0.2, 0.25) is 5.95 Å². The molecule has 2 aliphatic heterocycles. The van der Waals surface area contributed by atoms with Gasteiger partial charge in [0.1, 0.15) is 4.83 Å². The summed E-state index contributed by atoms with van der Waals surface area (Å²) in [5, 5.41) is 9.57. The number of nitrogens with one attached hydrogen (secondary N) is 3. The minimum atomic E-state index is -0.451. The van der Waals surface area contributed by atoms with E-state index in [2.05, 4.69) is 27.4 Å². The largest absolute Gasteiger partial charge is 0.378 e. The average molecular weight is 517 g/mol. The summed E-state index contributed by atoms with van der Waals surface area (Å²) < 4.78 is 5.91. The minimum absolute atomic E-state index is 0.0624. The van der Waals surface area contributed by atoms with Crippen LogP contribution in [0.3, 0.4) is 0 Å². The van der Waals surface area contributed by atoms with E-state index < -0.39 is 11.8 Å². The van der Waals surface area contributed by atoms with E-state index in [0.29, 0.717) is 34.8 Å². The highest BCUT2D eigenvalue weighted by atomic mass is 32.1. The van der Waals surface area contributed by atoms with Gasteiger partial charge in [-0.05, 0) is 37.4 Å². The van der Waals surface area contributed by atoms with Crippen LogP contribution >= 0.6 is 11.3 Å². The number of fused-ring (bicyclic) bond motifs is 2. The van der Waals surface area contributed by atoms with Crippen LogP contribution in [-0.4, -0.2) is 65.7 Å². The molecule has 4 aromatic rings. The predicted molar refractivity (Wildman–Crippen MR) is 145 cm³/mol. The summed E-state index contributed by atoms with van der Waals surface area (Å²) in [6.45, 7) is 3.50. The summed E-state index contributed by atoms with van der Waals surface area (Å²) in [5.41, 5.74) is 2.34. The van der Waals surface area contributed by atoms with Gasteiger partial charge in [-0.3, -0.25) is 14.9 Å². The van der Waals surface area contributed by atoms with Crippen molar-refractivity contribution in [2.45, 2.75) is 31.4 Å². The normalized spacial score (nSPS) is 22.5. The Kier molecular flexibility index (Phi) is 5.82. The molecule has 37 heavy (non-hydrogen) atoms. The van der Waals surface area contributed by atoms with Gasteiger partial charge in [-0.15, -0.1) is 11.3 Å². The molecule has 2 unspecified atom stereocenters. The number of benzene rings is 1. The lowest BCUT2D eigenvalue weighted by Gasteiger charge is -2.46. The zero-order valence-corrected chi connectivity index (χ0v) is 21.7. The number of thiophene rings is 1. The van der Waals surface area contributed by atoms with Crippen molar-refractivity contribution >= 4 is 61.4 Å². The Morgan fingerprint density at radius 2 is 1.97 bits per heavy atom. The summed E-state index contributed by atoms with van der Waals surface area (Å²) in [7, 11) is 3.71. The summed E-state index contributed by atoms with van der Waals surface area (Å²) in [6, 6.07) is 9.56. The fourth-order valence-corrected chi connectivity index (χ4v) is 6.47. The van der Waals surface area contributed by atoms with Gasteiger partial charge in [0.15, 0.2) is 0 Å². The predicted octanol–water partition coefficient (Wildman–Crippen LogP) is 3.33. The fourth-order valence-electron chi connectivity index (χ4n) is 5.70. The molecule has 1 saturated heterocycles. The van der Waals surface area contributed by atoms with Crippen LogP contribution in [0.1, 0.15) is 31.0 Å². The number of aromatic amines is 1. The van der Waals surface area contributed by atoms with Crippen molar-refractivity contribution < 1.29 is 14.3 Å². The molecule has 0 bridgehead atoms. The Bertz CT molecular complexity index is 1570. The molecule has 2 atom stereocenters. The number of hydrogen-bond donors (Lipinski definition) is 3. The fraction of sp³-hybridized carbons (Fsp3) is 0.333. The van der Waals surface area contributed by atoms with Crippen LogP contribution in [0.2, 0.25) is 0 Å². The molecule has 9 nitrogen and oxygen atoms in total. The number of likely N-dealkylation sites (N-methyl/N-ethyl adjacent to an activating group) is 1. The molecule has 0 saturated carbocycles. The van der Waals surface area contributed by atoms with Gasteiger partial charge in [0, 0.05) is 48.3 Å². The lowest BCUT2D eigenvalue weighted by molar-refractivity contribution is -0.122. The lowest BCUT2D eigenvalue weighted by atomic mass is 9.82. The third-order valence-corrected chi connectivity index (χ3v) is 8.70. The van der Waals surface area contributed by atoms with E-state index in [4.69, 9.17) is 14.7 Å². The van der Waals surface area contributed by atoms with Gasteiger partial charge in [-0.2, -0.15) is 0 Å². The molecule has 1 fully saturated rings. The Balaban J connectivity index is 1.52. The lowest BCUT2D eigenvalue weighted by Crippen LogP contribution is -2.62. The van der Waals surface area contributed by atoms with Gasteiger partial charge >= 0.3 is 0 Å². The smallest absolute Gasteiger partial charge is 0.261 e. The Hall–Kier alpha value is -3.60. The molecule has 10 heteroatoms. The number of hydrogen-bond acceptors (Lipinski definition) is 8. The number of carbonyl (C=O) groups is 2. The van der Waals surface area contributed by atoms with Gasteiger partial charge in [0.05, 0.1) is 28.5 Å². The molecule has 2 amide bonds. The highest BCUT2D eigenvalue weighted by Crippen LogP contribution is 2.38. The molecular weight excluding hydrogens is 488 g/mol. The molecule has 3 N–H and O–H groups in total. The molecule has 1 aromatic carbocycles. The van der Waals surface area contributed by atoms with E-state index in [0.717, 1.165) is 35.0 Å². The Labute approximate surface area is 217 Å². The number of amides is 2. The van der Waals surface area contributed by atoms with E-state index in [1.807, 2.05) is 42.8 Å². The van der Waals surface area contributed by atoms with E-state index in [1.54, 1.807) is 24.6 Å². The topological polar surface area (TPSA) is 112 Å². The zero-order chi connectivity index (χ0) is 25.7. The van der Waals surface area contributed by atoms with Crippen molar-refractivity contribution in [2.75, 3.05) is 32.1 Å². The van der Waals surface area contributed by atoms with Gasteiger partial charge in [-0.25, -0.2) is 9.97 Å². The first-order valence-electron chi connectivity index (χ1n) is 12.4. The number of para-hydroxylation sites is 1. The minimum Gasteiger partial charge on any atom is -0.378 e. The van der Waals surface area contributed by atoms with E-state index >= 15 is 0 Å². The van der Waals surface area contributed by atoms with E-state index in [9.17, 15) is 9.59 Å². The van der Waals surface area contributed by atoms with Crippen LogP contribution in [0.25, 0.3) is 32.3 Å². The van der Waals surface area contributed by atoms with Gasteiger partial charge in [-0.1, -0.05) is 25.1 Å². The van der Waals surface area contributed by atoms with Crippen LogP contribution in [-0.2, 0) is 14.3 Å². The number of anilines is 1. The van der Waals surface area contributed by atoms with Crippen LogP contribution in [0, 0.1) is 0 Å². The van der Waals surface area contributed by atoms with Crippen molar-refractivity contribution in [3.8, 4) is 0 Å². The highest BCUT2D eigenvalue weighted by molar-refractivity contribution is 7.16. The molecule has 0 radical (unpaired) electrons. The van der Waals surface area contributed by atoms with Crippen LogP contribution in [0.4, 0.5) is 5.95 Å². The number of rotatable bonds is 6. The zero-order valence-electron chi connectivity index (χ0n) is 20.9. The molecule has 0 spiro atoms. The number of aromatic nitrogens is 3. The Morgan fingerprint density at radius 3 is 2.76 bits per heavy atom. The first kappa shape index (κ1) is 23.8. The molecule has 3 aromatic heterocycles. The van der Waals surface area contributed by atoms with E-state index in [1.165, 1.54) is 0 Å². The summed E-state index contributed by atoms with van der Waals surface area (Å²) >= 11 is 1.55. The van der Waals surface area contributed by atoms with Crippen molar-refractivity contribution in [2.24, 2.45) is 0 Å². The summed E-state index contributed by atoms with van der Waals surface area (Å²) in [6.07, 6.45) is 3.52. The molecule has 2 aliphatic rings. The van der Waals surface area contributed by atoms with Crippen molar-refractivity contribution in [3.05, 3.63) is 53.2 Å². The second-order valence-corrected chi connectivity index (χ2v) is 10.4. The molecular formula is C27H28N6O3S. The first-order valence-corrected chi connectivity index (χ1v) is 13.3. The van der Waals surface area contributed by atoms with Crippen LogP contribution in [0.15, 0.2) is 41.9 Å². The van der Waals surface area contributed by atoms with Crippen molar-refractivity contribution in [3.63, 3.8) is 0 Å². The number of carbonyl (C=O) groups excluding carboxylic acids is 2. The molecule has 0 aliphatic carbocycles. The number of imide groups is 1. The van der Waals surface area contributed by atoms with E-state index in [-0.39, 0.29) is 17.2 Å². The number of H-pyrrole nitrogens is 1. The molecule has 6 rings (SSSR count). The number of piperidine rings is 1. The maximum Gasteiger partial charge on any atom is 0.261 e. The second kappa shape index (κ2) is 9.05. The number of ether oxygens (including phenoxy) is 1. The molecule has 5 heterocycles. The second-order valence-electron chi connectivity index (χ2n) is 9.47. The SMILES string of the molecule is CCC1(NC)CCN(c2nc(C3=C(c4c[nH]c5sccc45)C(=O)NC3=O)c3ccccc3n2)CC1OC. The van der Waals surface area contributed by atoms with Crippen molar-refractivity contribution in [1.82, 2.24) is 25.6 Å². The highest BCUT2D eigenvalue weighted by Gasteiger charge is 2.42.